The molecule has 0 unspecified atom stereocenters. The molecule has 9 nitrogen and oxygen atoms in total. The fourth-order valence-electron chi connectivity index (χ4n) is 3.69. The number of aromatic nitrogens is 5. The van der Waals surface area contributed by atoms with Crippen molar-refractivity contribution in [2.24, 2.45) is 0 Å². The van der Waals surface area contributed by atoms with Crippen LogP contribution in [0, 0.1) is 13.8 Å². The van der Waals surface area contributed by atoms with Crippen LogP contribution in [-0.4, -0.2) is 44.8 Å². The zero-order valence-electron chi connectivity index (χ0n) is 18.1. The minimum Gasteiger partial charge on any atom is -0.486 e. The van der Waals surface area contributed by atoms with Crippen molar-refractivity contribution < 1.29 is 9.47 Å². The number of benzene rings is 1. The van der Waals surface area contributed by atoms with Crippen molar-refractivity contribution in [3.8, 4) is 17.3 Å². The highest BCUT2D eigenvalue weighted by atomic mass is 16.5. The predicted octanol–water partition coefficient (Wildman–Crippen LogP) is 3.96. The van der Waals surface area contributed by atoms with Crippen LogP contribution in [0.1, 0.15) is 11.3 Å². The lowest BCUT2D eigenvalue weighted by molar-refractivity contribution is 0.310. The van der Waals surface area contributed by atoms with E-state index in [2.05, 4.69) is 44.2 Å². The first-order chi connectivity index (χ1) is 15.6. The summed E-state index contributed by atoms with van der Waals surface area (Å²) in [5, 5.41) is 3.18. The molecule has 1 aliphatic heterocycles. The molecule has 0 saturated carbocycles. The Morgan fingerprint density at radius 2 is 1.91 bits per heavy atom. The number of hydrogen-bond acceptors (Lipinski definition) is 8. The van der Waals surface area contributed by atoms with E-state index < -0.39 is 0 Å². The molecule has 0 aliphatic carbocycles. The predicted molar refractivity (Wildman–Crippen MR) is 122 cm³/mol. The molecule has 9 heteroatoms. The van der Waals surface area contributed by atoms with E-state index in [0.29, 0.717) is 36.5 Å². The van der Waals surface area contributed by atoms with Gasteiger partial charge in [-0.05, 0) is 37.6 Å². The Balaban J connectivity index is 1.46. The third kappa shape index (κ3) is 3.68. The summed E-state index contributed by atoms with van der Waals surface area (Å²) in [6.07, 6.45) is 5.34. The van der Waals surface area contributed by atoms with E-state index in [-0.39, 0.29) is 0 Å². The molecule has 4 aromatic rings. The fourth-order valence-corrected chi connectivity index (χ4v) is 3.69. The van der Waals surface area contributed by atoms with Crippen LogP contribution in [0.4, 0.5) is 23.3 Å². The normalized spacial score (nSPS) is 12.8. The number of para-hydroxylation sites is 1. The first-order valence-corrected chi connectivity index (χ1v) is 10.3. The highest BCUT2D eigenvalue weighted by Crippen LogP contribution is 2.36. The molecule has 4 heterocycles. The number of hydrogen-bond donors (Lipinski definition) is 1. The number of methoxy groups -OCH3 is 1. The Bertz CT molecular complexity index is 1270. The summed E-state index contributed by atoms with van der Waals surface area (Å²) in [5.74, 6) is 2.84. The van der Waals surface area contributed by atoms with Gasteiger partial charge in [0.1, 0.15) is 18.1 Å². The molecule has 0 spiro atoms. The molecule has 1 aliphatic rings. The van der Waals surface area contributed by atoms with Crippen LogP contribution in [0.5, 0.6) is 11.6 Å². The largest absolute Gasteiger partial charge is 0.486 e. The molecule has 0 fully saturated rings. The van der Waals surface area contributed by atoms with Gasteiger partial charge in [0.05, 0.1) is 31.9 Å². The van der Waals surface area contributed by atoms with E-state index >= 15 is 0 Å². The Morgan fingerprint density at radius 3 is 2.69 bits per heavy atom. The number of aryl methyl sites for hydroxylation is 2. The molecule has 5 rings (SSSR count). The van der Waals surface area contributed by atoms with Gasteiger partial charge in [-0.3, -0.25) is 0 Å². The maximum absolute atomic E-state index is 5.78. The Morgan fingerprint density at radius 1 is 1.03 bits per heavy atom. The quantitative estimate of drug-likeness (QED) is 0.510. The zero-order chi connectivity index (χ0) is 22.1. The van der Waals surface area contributed by atoms with Crippen molar-refractivity contribution in [2.45, 2.75) is 13.8 Å². The monoisotopic (exact) mass is 429 g/mol. The molecule has 0 radical (unpaired) electrons. The van der Waals surface area contributed by atoms with Crippen LogP contribution in [0.25, 0.3) is 5.69 Å². The molecule has 1 aromatic carbocycles. The van der Waals surface area contributed by atoms with Crippen LogP contribution in [0.3, 0.4) is 0 Å². The second-order valence-electron chi connectivity index (χ2n) is 7.44. The van der Waals surface area contributed by atoms with Crippen molar-refractivity contribution in [1.82, 2.24) is 24.5 Å². The number of ether oxygens (including phenoxy) is 2. The van der Waals surface area contributed by atoms with Crippen molar-refractivity contribution in [3.05, 3.63) is 66.4 Å². The first kappa shape index (κ1) is 19.8. The Hall–Kier alpha value is -4.14. The minimum atomic E-state index is 0.425. The summed E-state index contributed by atoms with van der Waals surface area (Å²) >= 11 is 0. The van der Waals surface area contributed by atoms with Gasteiger partial charge < -0.3 is 24.3 Å². The number of rotatable bonds is 5. The zero-order valence-corrected chi connectivity index (χ0v) is 18.1. The number of nitrogens with zero attached hydrogens (tertiary/aromatic N) is 6. The van der Waals surface area contributed by atoms with Crippen LogP contribution in [-0.2, 0) is 0 Å². The van der Waals surface area contributed by atoms with Crippen LogP contribution >= 0.6 is 0 Å². The standard InChI is InChI=1S/C23H23N7O2/c1-15-6-4-5-7-17(15)30-10-11-32-19-12-24-23(28-21(19)30)27-20-9-8-18(22(26-20)31-3)29-13-16(2)25-14-29/h4-9,12-14H,10-11H2,1-3H3,(H,24,26,27,28). The van der Waals surface area contributed by atoms with E-state index in [1.807, 2.05) is 42.0 Å². The van der Waals surface area contributed by atoms with Gasteiger partial charge >= 0.3 is 0 Å². The second kappa shape index (κ2) is 8.18. The smallest absolute Gasteiger partial charge is 0.240 e. The Kier molecular flexibility index (Phi) is 5.06. The lowest BCUT2D eigenvalue weighted by atomic mass is 10.1. The Labute approximate surface area is 185 Å². The summed E-state index contributed by atoms with van der Waals surface area (Å²) in [6, 6.07) is 12.0. The number of pyridine rings is 1. The molecule has 0 saturated heterocycles. The highest BCUT2D eigenvalue weighted by molar-refractivity contribution is 5.70. The average molecular weight is 429 g/mol. The van der Waals surface area contributed by atoms with Gasteiger partial charge in [0.2, 0.25) is 11.8 Å². The van der Waals surface area contributed by atoms with E-state index in [0.717, 1.165) is 22.9 Å². The van der Waals surface area contributed by atoms with Crippen LogP contribution in [0.15, 0.2) is 55.1 Å². The lowest BCUT2D eigenvalue weighted by Crippen LogP contribution is -2.30. The first-order valence-electron chi connectivity index (χ1n) is 10.3. The summed E-state index contributed by atoms with van der Waals surface area (Å²) in [5.41, 5.74) is 3.98. The molecule has 32 heavy (non-hydrogen) atoms. The van der Waals surface area contributed by atoms with Crippen molar-refractivity contribution in [1.29, 1.82) is 0 Å². The maximum atomic E-state index is 5.78. The van der Waals surface area contributed by atoms with E-state index in [1.165, 1.54) is 5.56 Å². The SMILES string of the molecule is COc1nc(Nc2ncc3c(n2)N(c2ccccc2C)CCO3)ccc1-n1cnc(C)c1. The average Bonchev–Trinajstić information content (AvgIpc) is 3.25. The number of fused-ring (bicyclic) bond motifs is 1. The van der Waals surface area contributed by atoms with Crippen molar-refractivity contribution >= 4 is 23.3 Å². The fraction of sp³-hybridized carbons (Fsp3) is 0.217. The molecule has 0 amide bonds. The van der Waals surface area contributed by atoms with Gasteiger partial charge in [-0.25, -0.2) is 9.97 Å². The van der Waals surface area contributed by atoms with Gasteiger partial charge in [0.15, 0.2) is 11.6 Å². The lowest BCUT2D eigenvalue weighted by Gasteiger charge is -2.31. The molecule has 162 valence electrons. The van der Waals surface area contributed by atoms with Gasteiger partial charge in [-0.1, -0.05) is 18.2 Å². The summed E-state index contributed by atoms with van der Waals surface area (Å²) in [7, 11) is 1.59. The maximum Gasteiger partial charge on any atom is 0.240 e. The van der Waals surface area contributed by atoms with E-state index in [1.54, 1.807) is 19.6 Å². The van der Waals surface area contributed by atoms with Gasteiger partial charge in [-0.2, -0.15) is 9.97 Å². The summed E-state index contributed by atoms with van der Waals surface area (Å²) in [6.45, 7) is 5.30. The van der Waals surface area contributed by atoms with E-state index in [4.69, 9.17) is 14.5 Å². The number of anilines is 4. The molecule has 0 atom stereocenters. The molecule has 3 aromatic heterocycles. The number of imidazole rings is 1. The topological polar surface area (TPSA) is 90.2 Å². The molecular formula is C23H23N7O2. The van der Waals surface area contributed by atoms with Gasteiger partial charge in [0.25, 0.3) is 0 Å². The van der Waals surface area contributed by atoms with Crippen molar-refractivity contribution in [3.63, 3.8) is 0 Å². The molecule has 1 N–H and O–H groups in total. The van der Waals surface area contributed by atoms with Crippen LogP contribution < -0.4 is 19.7 Å². The van der Waals surface area contributed by atoms with Crippen LogP contribution in [0.2, 0.25) is 0 Å². The summed E-state index contributed by atoms with van der Waals surface area (Å²) in [4.78, 5) is 20.1. The van der Waals surface area contributed by atoms with Crippen molar-refractivity contribution in [2.75, 3.05) is 30.5 Å². The van der Waals surface area contributed by atoms with Gasteiger partial charge in [-0.15, -0.1) is 0 Å². The molecule has 0 bridgehead atoms. The highest BCUT2D eigenvalue weighted by Gasteiger charge is 2.23. The van der Waals surface area contributed by atoms with E-state index in [9.17, 15) is 0 Å². The second-order valence-corrected chi connectivity index (χ2v) is 7.44. The number of nitrogens with one attached hydrogen (secondary N) is 1. The minimum absolute atomic E-state index is 0.425. The van der Waals surface area contributed by atoms with Gasteiger partial charge in [0, 0.05) is 11.9 Å². The third-order valence-electron chi connectivity index (χ3n) is 5.23. The third-order valence-corrected chi connectivity index (χ3v) is 5.23. The molecular weight excluding hydrogens is 406 g/mol. The summed E-state index contributed by atoms with van der Waals surface area (Å²) < 4.78 is 13.2.